The number of fused-ring (bicyclic) bond motifs is 2. The normalized spacial score (nSPS) is 16.0. The minimum absolute atomic E-state index is 0.0498. The highest BCUT2D eigenvalue weighted by molar-refractivity contribution is 8.06. The Morgan fingerprint density at radius 1 is 1.15 bits per heavy atom. The van der Waals surface area contributed by atoms with E-state index in [-0.39, 0.29) is 11.6 Å². The number of rotatable bonds is 2. The van der Waals surface area contributed by atoms with Crippen LogP contribution >= 0.6 is 11.8 Å². The van der Waals surface area contributed by atoms with Crippen LogP contribution in [0.25, 0.3) is 6.08 Å². The van der Waals surface area contributed by atoms with E-state index in [2.05, 4.69) is 0 Å². The van der Waals surface area contributed by atoms with E-state index in [9.17, 15) is 9.59 Å². The van der Waals surface area contributed by atoms with Crippen molar-refractivity contribution in [1.29, 1.82) is 0 Å². The average Bonchev–Trinajstić information content (AvgIpc) is 2.43. The number of carbonyl (C=O) groups is 2. The first-order chi connectivity index (χ1) is 9.58. The molecule has 1 aromatic rings. The maximum atomic E-state index is 11.7. The van der Waals surface area contributed by atoms with Crippen molar-refractivity contribution < 1.29 is 14.3 Å². The molecule has 3 rings (SSSR count). The summed E-state index contributed by atoms with van der Waals surface area (Å²) >= 11 is 1.51. The van der Waals surface area contributed by atoms with Gasteiger partial charge in [0.15, 0.2) is 17.3 Å². The van der Waals surface area contributed by atoms with Gasteiger partial charge in [0.25, 0.3) is 0 Å². The van der Waals surface area contributed by atoms with E-state index in [4.69, 9.17) is 4.74 Å². The molecule has 0 spiro atoms. The number of thioether (sulfide) groups is 1. The molecule has 2 aliphatic heterocycles. The Balaban J connectivity index is 2.21. The topological polar surface area (TPSA) is 43.4 Å². The molecule has 3 nitrogen and oxygen atoms in total. The highest BCUT2D eigenvalue weighted by Gasteiger charge is 2.26. The fourth-order valence-electron chi connectivity index (χ4n) is 2.22. The van der Waals surface area contributed by atoms with E-state index < -0.39 is 0 Å². The number of carbonyl (C=O) groups excluding carboxylic acids is 2. The summed E-state index contributed by atoms with van der Waals surface area (Å²) in [5.41, 5.74) is 1.94. The van der Waals surface area contributed by atoms with Gasteiger partial charge in [-0.25, -0.2) is 0 Å². The highest BCUT2D eigenvalue weighted by Crippen LogP contribution is 2.43. The molecule has 0 bridgehead atoms. The number of ketones is 2. The summed E-state index contributed by atoms with van der Waals surface area (Å²) < 4.78 is 5.90. The Labute approximate surface area is 121 Å². The third kappa shape index (κ3) is 2.02. The summed E-state index contributed by atoms with van der Waals surface area (Å²) in [5, 5.41) is 1.87. The molecule has 4 heteroatoms. The Morgan fingerprint density at radius 3 is 2.65 bits per heavy atom. The number of para-hydroxylation sites is 1. The first-order valence-corrected chi connectivity index (χ1v) is 7.08. The standard InChI is InChI=1S/C16H12O3S/c1-9(17)12-5-3-4-11-8-14-16(19-15(11)12)13(10(2)18)6-7-20-14/h3-8H,1-2H3. The molecule has 0 unspecified atom stereocenters. The van der Waals surface area contributed by atoms with Gasteiger partial charge in [-0.2, -0.15) is 0 Å². The Morgan fingerprint density at radius 2 is 1.95 bits per heavy atom. The van der Waals surface area contributed by atoms with Crippen molar-refractivity contribution in [2.45, 2.75) is 13.8 Å². The second kappa shape index (κ2) is 4.80. The molecule has 0 radical (unpaired) electrons. The van der Waals surface area contributed by atoms with Crippen LogP contribution in [0.2, 0.25) is 0 Å². The van der Waals surface area contributed by atoms with Crippen LogP contribution in [0, 0.1) is 0 Å². The molecule has 0 fully saturated rings. The lowest BCUT2D eigenvalue weighted by Crippen LogP contribution is -2.13. The van der Waals surface area contributed by atoms with Crippen molar-refractivity contribution in [1.82, 2.24) is 0 Å². The molecule has 0 saturated heterocycles. The number of ether oxygens (including phenoxy) is 1. The van der Waals surface area contributed by atoms with Crippen molar-refractivity contribution in [3.05, 3.63) is 57.0 Å². The lowest BCUT2D eigenvalue weighted by Gasteiger charge is -2.24. The van der Waals surface area contributed by atoms with Crippen molar-refractivity contribution in [3.8, 4) is 5.75 Å². The predicted octanol–water partition coefficient (Wildman–Crippen LogP) is 3.73. The zero-order valence-electron chi connectivity index (χ0n) is 11.1. The van der Waals surface area contributed by atoms with Crippen LogP contribution in [-0.2, 0) is 4.79 Å². The number of benzene rings is 1. The van der Waals surface area contributed by atoms with Crippen LogP contribution in [-0.4, -0.2) is 11.6 Å². The van der Waals surface area contributed by atoms with E-state index in [1.807, 2.05) is 23.6 Å². The first-order valence-electron chi connectivity index (χ1n) is 6.20. The number of allylic oxidation sites excluding steroid dienone is 2. The molecular weight excluding hydrogens is 272 g/mol. The smallest absolute Gasteiger partial charge is 0.163 e. The van der Waals surface area contributed by atoms with E-state index >= 15 is 0 Å². The SMILES string of the molecule is CC(=O)C1=C2Oc3c(cccc3C(C)=O)C=C2SC=C1. The van der Waals surface area contributed by atoms with Crippen molar-refractivity contribution in [2.75, 3.05) is 0 Å². The molecule has 0 aromatic heterocycles. The van der Waals surface area contributed by atoms with Crippen LogP contribution in [0.5, 0.6) is 5.75 Å². The zero-order valence-corrected chi connectivity index (χ0v) is 11.9. The van der Waals surface area contributed by atoms with E-state index in [1.165, 1.54) is 25.6 Å². The van der Waals surface area contributed by atoms with Crippen LogP contribution in [0.1, 0.15) is 29.8 Å². The lowest BCUT2D eigenvalue weighted by atomic mass is 10.0. The summed E-state index contributed by atoms with van der Waals surface area (Å²) in [6.07, 6.45) is 3.71. The van der Waals surface area contributed by atoms with Crippen molar-refractivity contribution in [3.63, 3.8) is 0 Å². The molecule has 1 aromatic carbocycles. The van der Waals surface area contributed by atoms with Gasteiger partial charge in [0.1, 0.15) is 5.75 Å². The van der Waals surface area contributed by atoms with Gasteiger partial charge in [0.05, 0.1) is 16.0 Å². The third-order valence-electron chi connectivity index (χ3n) is 3.19. The van der Waals surface area contributed by atoms with Gasteiger partial charge in [-0.15, -0.1) is 0 Å². The van der Waals surface area contributed by atoms with Gasteiger partial charge in [-0.1, -0.05) is 23.9 Å². The first kappa shape index (κ1) is 12.9. The van der Waals surface area contributed by atoms with Crippen molar-refractivity contribution >= 4 is 29.4 Å². The molecule has 0 atom stereocenters. The van der Waals surface area contributed by atoms with Crippen LogP contribution in [0.15, 0.2) is 45.9 Å². The average molecular weight is 284 g/mol. The van der Waals surface area contributed by atoms with E-state index in [0.29, 0.717) is 22.6 Å². The predicted molar refractivity (Wildman–Crippen MR) is 79.5 cm³/mol. The summed E-state index contributed by atoms with van der Waals surface area (Å²) in [7, 11) is 0. The molecule has 2 heterocycles. The molecule has 0 amide bonds. The fraction of sp³-hybridized carbons (Fsp3) is 0.125. The zero-order chi connectivity index (χ0) is 14.3. The monoisotopic (exact) mass is 284 g/mol. The Kier molecular flexibility index (Phi) is 3.10. The summed E-state index contributed by atoms with van der Waals surface area (Å²) in [6, 6.07) is 5.47. The second-order valence-electron chi connectivity index (χ2n) is 4.61. The quantitative estimate of drug-likeness (QED) is 0.776. The summed E-state index contributed by atoms with van der Waals surface area (Å²) in [5.74, 6) is 0.980. The third-order valence-corrected chi connectivity index (χ3v) is 4.02. The summed E-state index contributed by atoms with van der Waals surface area (Å²) in [4.78, 5) is 24.3. The molecule has 100 valence electrons. The van der Waals surface area contributed by atoms with Gasteiger partial charge < -0.3 is 4.74 Å². The molecule has 0 N–H and O–H groups in total. The Bertz CT molecular complexity index is 723. The fourth-order valence-corrected chi connectivity index (χ4v) is 3.03. The van der Waals surface area contributed by atoms with Gasteiger partial charge in [-0.3, -0.25) is 9.59 Å². The maximum Gasteiger partial charge on any atom is 0.163 e. The van der Waals surface area contributed by atoms with E-state index in [0.717, 1.165) is 10.5 Å². The maximum absolute atomic E-state index is 11.7. The Hall–Kier alpha value is -2.07. The van der Waals surface area contributed by atoms with Crippen molar-refractivity contribution in [2.24, 2.45) is 0 Å². The van der Waals surface area contributed by atoms with E-state index in [1.54, 1.807) is 12.1 Å². The minimum Gasteiger partial charge on any atom is -0.454 e. The van der Waals surface area contributed by atoms with Gasteiger partial charge in [0, 0.05) is 5.56 Å². The van der Waals surface area contributed by atoms with Crippen LogP contribution < -0.4 is 4.74 Å². The second-order valence-corrected chi connectivity index (χ2v) is 5.56. The number of Topliss-reactive ketones (excluding diaryl/α,β-unsaturated/α-hetero) is 2. The molecular formula is C16H12O3S. The molecule has 2 aliphatic rings. The van der Waals surface area contributed by atoms with Gasteiger partial charge in [0.2, 0.25) is 0 Å². The minimum atomic E-state index is -0.0531. The number of hydrogen-bond acceptors (Lipinski definition) is 4. The molecule has 20 heavy (non-hydrogen) atoms. The van der Waals surface area contributed by atoms with Crippen LogP contribution in [0.3, 0.4) is 0 Å². The largest absolute Gasteiger partial charge is 0.454 e. The van der Waals surface area contributed by atoms with Gasteiger partial charge >= 0.3 is 0 Å². The highest BCUT2D eigenvalue weighted by atomic mass is 32.2. The molecule has 0 aliphatic carbocycles. The summed E-state index contributed by atoms with van der Waals surface area (Å²) in [6.45, 7) is 3.02. The lowest BCUT2D eigenvalue weighted by molar-refractivity contribution is -0.113. The van der Waals surface area contributed by atoms with Crippen LogP contribution in [0.4, 0.5) is 0 Å². The number of hydrogen-bond donors (Lipinski definition) is 0. The molecule has 0 saturated carbocycles. The van der Waals surface area contributed by atoms with Gasteiger partial charge in [-0.05, 0) is 37.5 Å².